The van der Waals surface area contributed by atoms with Gasteiger partial charge in [0.15, 0.2) is 0 Å². The number of allylic oxidation sites excluding steroid dienone is 3. The van der Waals surface area contributed by atoms with E-state index in [2.05, 4.69) is 25.2 Å². The summed E-state index contributed by atoms with van der Waals surface area (Å²) in [5.41, 5.74) is 0. The minimum atomic E-state index is -0.736. The smallest absolute Gasteiger partial charge is 0.306 e. The van der Waals surface area contributed by atoms with E-state index >= 15 is 0 Å². The molecule has 4 heteroatoms. The molecule has 0 aliphatic heterocycles. The zero-order valence-electron chi connectivity index (χ0n) is 15.3. The zero-order chi connectivity index (χ0) is 18.0. The predicted molar refractivity (Wildman–Crippen MR) is 97.9 cm³/mol. The molecule has 0 aromatic carbocycles. The van der Waals surface area contributed by atoms with Crippen LogP contribution < -0.4 is 0 Å². The molecule has 24 heavy (non-hydrogen) atoms. The second kappa shape index (κ2) is 16.3. The molecule has 0 fully saturated rings. The third-order valence-corrected chi connectivity index (χ3v) is 3.61. The van der Waals surface area contributed by atoms with Gasteiger partial charge in [-0.05, 0) is 44.6 Å². The van der Waals surface area contributed by atoms with E-state index in [1.54, 1.807) is 0 Å². The maximum Gasteiger partial charge on any atom is 0.306 e. The van der Waals surface area contributed by atoms with Gasteiger partial charge in [-0.15, -0.1) is 0 Å². The van der Waals surface area contributed by atoms with Gasteiger partial charge in [0.2, 0.25) is 0 Å². The number of carboxylic acids is 1. The van der Waals surface area contributed by atoms with Crippen LogP contribution in [0.5, 0.6) is 0 Å². The number of hydrogen-bond acceptors (Lipinski definition) is 3. The molecule has 0 amide bonds. The van der Waals surface area contributed by atoms with Gasteiger partial charge in [-0.3, -0.25) is 9.59 Å². The quantitative estimate of drug-likeness (QED) is 0.246. The molecule has 0 bridgehead atoms. The molecule has 0 aliphatic carbocycles. The summed E-state index contributed by atoms with van der Waals surface area (Å²) in [5, 5.41) is 8.61. The van der Waals surface area contributed by atoms with Crippen molar-refractivity contribution in [1.29, 1.82) is 0 Å². The second-order valence-electron chi connectivity index (χ2n) is 6.05. The largest absolute Gasteiger partial charge is 0.481 e. The number of unbranched alkanes of at least 4 members (excludes halogenated alkanes) is 4. The van der Waals surface area contributed by atoms with Crippen molar-refractivity contribution in [3.63, 3.8) is 0 Å². The molecule has 0 aromatic rings. The van der Waals surface area contributed by atoms with Crippen LogP contribution in [0.2, 0.25) is 0 Å². The van der Waals surface area contributed by atoms with Crippen LogP contribution in [-0.4, -0.2) is 23.1 Å². The summed E-state index contributed by atoms with van der Waals surface area (Å²) >= 11 is 0. The van der Waals surface area contributed by atoms with Crippen LogP contribution in [-0.2, 0) is 14.3 Å². The van der Waals surface area contributed by atoms with Crippen molar-refractivity contribution in [3.8, 4) is 0 Å². The van der Waals surface area contributed by atoms with E-state index in [0.29, 0.717) is 12.8 Å². The Hall–Kier alpha value is -1.58. The van der Waals surface area contributed by atoms with Gasteiger partial charge in [-0.1, -0.05) is 51.3 Å². The number of carbonyl (C=O) groups is 2. The molecule has 0 aromatic heterocycles. The highest BCUT2D eigenvalue weighted by molar-refractivity contribution is 5.69. The fraction of sp³-hybridized carbons (Fsp3) is 0.700. The van der Waals surface area contributed by atoms with Crippen molar-refractivity contribution >= 4 is 11.9 Å². The Morgan fingerprint density at radius 3 is 2.38 bits per heavy atom. The van der Waals surface area contributed by atoms with Crippen LogP contribution in [0.4, 0.5) is 0 Å². The van der Waals surface area contributed by atoms with Crippen molar-refractivity contribution in [2.24, 2.45) is 0 Å². The minimum absolute atomic E-state index is 0.139. The summed E-state index contributed by atoms with van der Waals surface area (Å²) in [4.78, 5) is 22.2. The van der Waals surface area contributed by atoms with E-state index in [0.717, 1.165) is 51.4 Å². The first-order chi connectivity index (χ1) is 11.6. The summed E-state index contributed by atoms with van der Waals surface area (Å²) in [5.74, 6) is -0.875. The van der Waals surface area contributed by atoms with Gasteiger partial charge < -0.3 is 9.84 Å². The average molecular weight is 338 g/mol. The molecule has 1 unspecified atom stereocenters. The minimum Gasteiger partial charge on any atom is -0.481 e. The monoisotopic (exact) mass is 338 g/mol. The fourth-order valence-corrected chi connectivity index (χ4v) is 2.29. The maximum atomic E-state index is 11.7. The van der Waals surface area contributed by atoms with Crippen LogP contribution in [0.1, 0.15) is 84.5 Å². The molecule has 0 rings (SSSR count). The zero-order valence-corrected chi connectivity index (χ0v) is 15.3. The number of ether oxygens (including phenoxy) is 1. The first-order valence-electron chi connectivity index (χ1n) is 9.33. The lowest BCUT2D eigenvalue weighted by Crippen LogP contribution is -2.15. The maximum absolute atomic E-state index is 11.7. The highest BCUT2D eigenvalue weighted by Crippen LogP contribution is 2.12. The van der Waals surface area contributed by atoms with E-state index in [9.17, 15) is 9.59 Å². The molecule has 0 saturated carbocycles. The lowest BCUT2D eigenvalue weighted by atomic mass is 10.1. The predicted octanol–water partition coefficient (Wildman–Crippen LogP) is 5.43. The molecule has 138 valence electrons. The van der Waals surface area contributed by atoms with Gasteiger partial charge in [0.1, 0.15) is 6.10 Å². The molecule has 1 atom stereocenters. The molecule has 0 radical (unpaired) electrons. The van der Waals surface area contributed by atoms with E-state index < -0.39 is 5.97 Å². The van der Waals surface area contributed by atoms with E-state index in [-0.39, 0.29) is 18.5 Å². The average Bonchev–Trinajstić information content (AvgIpc) is 2.53. The van der Waals surface area contributed by atoms with Gasteiger partial charge in [0.25, 0.3) is 0 Å². The number of carboxylic acid groups (broad SMARTS) is 1. The molecule has 4 nitrogen and oxygen atoms in total. The molecule has 0 saturated heterocycles. The Kier molecular flexibility index (Phi) is 15.2. The van der Waals surface area contributed by atoms with Gasteiger partial charge in [0.05, 0.1) is 0 Å². The number of hydrogen-bond donors (Lipinski definition) is 1. The Bertz CT molecular complexity index is 385. The fourth-order valence-electron chi connectivity index (χ4n) is 2.29. The van der Waals surface area contributed by atoms with Crippen molar-refractivity contribution in [3.05, 3.63) is 24.3 Å². The van der Waals surface area contributed by atoms with Gasteiger partial charge in [0, 0.05) is 12.8 Å². The third-order valence-electron chi connectivity index (χ3n) is 3.61. The first-order valence-corrected chi connectivity index (χ1v) is 9.33. The molecular weight excluding hydrogens is 304 g/mol. The van der Waals surface area contributed by atoms with Crippen LogP contribution in [0, 0.1) is 0 Å². The van der Waals surface area contributed by atoms with E-state index in [1.165, 1.54) is 0 Å². The summed E-state index contributed by atoms with van der Waals surface area (Å²) < 4.78 is 5.52. The van der Waals surface area contributed by atoms with Crippen LogP contribution in [0.25, 0.3) is 0 Å². The van der Waals surface area contributed by atoms with Gasteiger partial charge >= 0.3 is 11.9 Å². The summed E-state index contributed by atoms with van der Waals surface area (Å²) in [6.07, 6.45) is 17.1. The highest BCUT2D eigenvalue weighted by atomic mass is 16.5. The van der Waals surface area contributed by atoms with Gasteiger partial charge in [-0.2, -0.15) is 0 Å². The van der Waals surface area contributed by atoms with E-state index in [1.807, 2.05) is 13.0 Å². The lowest BCUT2D eigenvalue weighted by Gasteiger charge is -2.14. The Morgan fingerprint density at radius 2 is 1.71 bits per heavy atom. The topological polar surface area (TPSA) is 63.6 Å². The molecular formula is C20H34O4. The van der Waals surface area contributed by atoms with Crippen molar-refractivity contribution in [2.45, 2.75) is 90.6 Å². The summed E-state index contributed by atoms with van der Waals surface area (Å²) in [7, 11) is 0. The van der Waals surface area contributed by atoms with Gasteiger partial charge in [-0.25, -0.2) is 0 Å². The summed E-state index contributed by atoms with van der Waals surface area (Å²) in [6, 6.07) is 0. The first kappa shape index (κ1) is 22.4. The standard InChI is InChI=1S/C20H34O4/c1-3-5-6-7-8-11-15-18(24-20(23)14-4-2)16-12-9-10-13-17-19(21)22/h6-7,11,15,18H,3-5,8-10,12-14,16-17H2,1-2H3,(H,21,22)/b7-6-,15-11-. The van der Waals surface area contributed by atoms with Crippen LogP contribution >= 0.6 is 0 Å². The number of carbonyl (C=O) groups excluding carboxylic acids is 1. The van der Waals surface area contributed by atoms with Crippen LogP contribution in [0.15, 0.2) is 24.3 Å². The van der Waals surface area contributed by atoms with Crippen LogP contribution in [0.3, 0.4) is 0 Å². The number of rotatable bonds is 15. The lowest BCUT2D eigenvalue weighted by molar-refractivity contribution is -0.147. The Labute approximate surface area is 147 Å². The van der Waals surface area contributed by atoms with Crippen molar-refractivity contribution < 1.29 is 19.4 Å². The number of aliphatic carboxylic acids is 1. The number of esters is 1. The van der Waals surface area contributed by atoms with Crippen molar-refractivity contribution in [1.82, 2.24) is 0 Å². The molecule has 1 N–H and O–H groups in total. The Morgan fingerprint density at radius 1 is 0.958 bits per heavy atom. The normalized spacial score (nSPS) is 12.8. The molecule has 0 heterocycles. The van der Waals surface area contributed by atoms with E-state index in [4.69, 9.17) is 9.84 Å². The SMILES string of the molecule is CCC/C=C\C/C=C\C(CCCCCCC(=O)O)OC(=O)CCC. The van der Waals surface area contributed by atoms with Crippen molar-refractivity contribution in [2.75, 3.05) is 0 Å². The highest BCUT2D eigenvalue weighted by Gasteiger charge is 2.10. The summed E-state index contributed by atoms with van der Waals surface area (Å²) in [6.45, 7) is 4.12. The molecule has 0 spiro atoms. The third kappa shape index (κ3) is 15.3. The Balaban J connectivity index is 4.14. The second-order valence-corrected chi connectivity index (χ2v) is 6.05. The molecule has 0 aliphatic rings.